The number of carbonyl (C=O) groups is 2. The van der Waals surface area contributed by atoms with E-state index in [9.17, 15) is 9.59 Å². The fraction of sp³-hybridized carbons (Fsp3) is 0.294. The lowest BCUT2D eigenvalue weighted by Gasteiger charge is -2.23. The zero-order valence-electron chi connectivity index (χ0n) is 12.4. The van der Waals surface area contributed by atoms with Crippen LogP contribution in [0.5, 0.6) is 0 Å². The number of likely N-dealkylation sites (tertiary alicyclic amines) is 1. The third-order valence-electron chi connectivity index (χ3n) is 3.83. The third-order valence-corrected chi connectivity index (χ3v) is 3.83. The molecule has 2 amide bonds. The van der Waals surface area contributed by atoms with E-state index in [4.69, 9.17) is 4.42 Å². The van der Waals surface area contributed by atoms with Crippen molar-refractivity contribution in [2.24, 2.45) is 0 Å². The number of benzene rings is 1. The fourth-order valence-electron chi connectivity index (χ4n) is 2.77. The molecule has 0 radical (unpaired) electrons. The van der Waals surface area contributed by atoms with Crippen molar-refractivity contribution in [3.63, 3.8) is 0 Å². The van der Waals surface area contributed by atoms with Crippen LogP contribution in [0.2, 0.25) is 0 Å². The minimum atomic E-state index is -0.446. The van der Waals surface area contributed by atoms with Crippen LogP contribution in [0.25, 0.3) is 0 Å². The molecule has 1 aromatic carbocycles. The molecule has 1 aliphatic rings. The van der Waals surface area contributed by atoms with Gasteiger partial charge in [-0.15, -0.1) is 0 Å². The maximum absolute atomic E-state index is 12.5. The monoisotopic (exact) mass is 298 g/mol. The highest BCUT2D eigenvalue weighted by atomic mass is 16.3. The van der Waals surface area contributed by atoms with Gasteiger partial charge in [0.1, 0.15) is 6.04 Å². The van der Waals surface area contributed by atoms with Crippen LogP contribution in [-0.4, -0.2) is 29.3 Å². The van der Waals surface area contributed by atoms with Crippen LogP contribution in [0.3, 0.4) is 0 Å². The number of amides is 2. The highest BCUT2D eigenvalue weighted by Crippen LogP contribution is 2.22. The number of nitrogens with one attached hydrogen (secondary N) is 1. The van der Waals surface area contributed by atoms with E-state index < -0.39 is 6.04 Å². The maximum atomic E-state index is 12.5. The molecule has 1 N–H and O–H groups in total. The summed E-state index contributed by atoms with van der Waals surface area (Å²) >= 11 is 0. The van der Waals surface area contributed by atoms with E-state index in [0.29, 0.717) is 13.0 Å². The van der Waals surface area contributed by atoms with Crippen LogP contribution in [0.4, 0.5) is 5.69 Å². The first-order chi connectivity index (χ1) is 10.6. The second kappa shape index (κ2) is 6.05. The largest absolute Gasteiger partial charge is 0.459 e. The number of hydrogen-bond donors (Lipinski definition) is 1. The van der Waals surface area contributed by atoms with Crippen LogP contribution in [0.1, 0.15) is 29.0 Å². The normalized spacial score (nSPS) is 17.5. The van der Waals surface area contributed by atoms with Crippen molar-refractivity contribution in [2.45, 2.75) is 25.8 Å². The summed E-state index contributed by atoms with van der Waals surface area (Å²) in [4.78, 5) is 26.4. The molecule has 22 heavy (non-hydrogen) atoms. The summed E-state index contributed by atoms with van der Waals surface area (Å²) in [6.07, 6.45) is 2.95. The molecule has 5 nitrogen and oxygen atoms in total. The first kappa shape index (κ1) is 14.4. The minimum absolute atomic E-state index is 0.150. The number of carbonyl (C=O) groups excluding carboxylic acids is 2. The van der Waals surface area contributed by atoms with Crippen molar-refractivity contribution in [3.05, 3.63) is 54.0 Å². The Labute approximate surface area is 128 Å². The van der Waals surface area contributed by atoms with Gasteiger partial charge in [0.25, 0.3) is 5.91 Å². The molecule has 5 heteroatoms. The predicted octanol–water partition coefficient (Wildman–Crippen LogP) is 2.83. The van der Waals surface area contributed by atoms with Crippen LogP contribution < -0.4 is 5.32 Å². The number of hydrogen-bond acceptors (Lipinski definition) is 3. The van der Waals surface area contributed by atoms with Crippen LogP contribution in [0, 0.1) is 6.92 Å². The zero-order valence-corrected chi connectivity index (χ0v) is 12.4. The molecule has 0 spiro atoms. The molecule has 0 saturated carbocycles. The number of aryl methyl sites for hydroxylation is 1. The number of nitrogens with zero attached hydrogens (tertiary/aromatic N) is 1. The smallest absolute Gasteiger partial charge is 0.290 e. The first-order valence-corrected chi connectivity index (χ1v) is 7.37. The van der Waals surface area contributed by atoms with E-state index in [1.165, 1.54) is 6.26 Å². The Morgan fingerprint density at radius 1 is 1.27 bits per heavy atom. The fourth-order valence-corrected chi connectivity index (χ4v) is 2.77. The molecule has 2 aromatic rings. The quantitative estimate of drug-likeness (QED) is 0.947. The Kier molecular flexibility index (Phi) is 3.96. The van der Waals surface area contributed by atoms with Gasteiger partial charge >= 0.3 is 0 Å². The second-order valence-corrected chi connectivity index (χ2v) is 5.49. The lowest BCUT2D eigenvalue weighted by molar-refractivity contribution is -0.119. The van der Waals surface area contributed by atoms with E-state index in [1.54, 1.807) is 17.0 Å². The molecule has 1 aliphatic heterocycles. The van der Waals surface area contributed by atoms with Gasteiger partial charge in [-0.25, -0.2) is 0 Å². The highest BCUT2D eigenvalue weighted by Gasteiger charge is 2.35. The van der Waals surface area contributed by atoms with Crippen LogP contribution in [-0.2, 0) is 4.79 Å². The molecule has 114 valence electrons. The second-order valence-electron chi connectivity index (χ2n) is 5.49. The number of rotatable bonds is 3. The van der Waals surface area contributed by atoms with Gasteiger partial charge < -0.3 is 14.6 Å². The Balaban J connectivity index is 1.72. The number of furan rings is 1. The summed E-state index contributed by atoms with van der Waals surface area (Å²) in [6.45, 7) is 2.55. The molecular weight excluding hydrogens is 280 g/mol. The summed E-state index contributed by atoms with van der Waals surface area (Å²) < 4.78 is 5.15. The van der Waals surface area contributed by atoms with Gasteiger partial charge in [0.15, 0.2) is 5.76 Å². The zero-order chi connectivity index (χ0) is 15.5. The average Bonchev–Trinajstić information content (AvgIpc) is 3.18. The van der Waals surface area contributed by atoms with Crippen LogP contribution in [0.15, 0.2) is 47.1 Å². The van der Waals surface area contributed by atoms with Crippen molar-refractivity contribution in [1.82, 2.24) is 4.90 Å². The molecular formula is C17H18N2O3. The molecule has 1 atom stereocenters. The van der Waals surface area contributed by atoms with Gasteiger partial charge in [-0.1, -0.05) is 12.1 Å². The molecule has 0 unspecified atom stereocenters. The van der Waals surface area contributed by atoms with Gasteiger partial charge in [-0.2, -0.15) is 0 Å². The minimum Gasteiger partial charge on any atom is -0.459 e. The Morgan fingerprint density at radius 3 is 2.86 bits per heavy atom. The highest BCUT2D eigenvalue weighted by molar-refractivity contribution is 6.00. The van der Waals surface area contributed by atoms with Crippen LogP contribution >= 0.6 is 0 Å². The van der Waals surface area contributed by atoms with Crippen molar-refractivity contribution in [1.29, 1.82) is 0 Å². The molecule has 0 bridgehead atoms. The Morgan fingerprint density at radius 2 is 2.14 bits per heavy atom. The van der Waals surface area contributed by atoms with Gasteiger partial charge in [0.2, 0.25) is 5.91 Å². The lowest BCUT2D eigenvalue weighted by atomic mass is 10.1. The van der Waals surface area contributed by atoms with Gasteiger partial charge in [0.05, 0.1) is 6.26 Å². The standard InChI is InChI=1S/C17H18N2O3/c1-12-5-2-6-13(11-12)18-16(20)14-7-3-9-19(14)17(21)15-8-4-10-22-15/h2,4-6,8,10-11,14H,3,7,9H2,1H3,(H,18,20)/t14-/m1/s1. The Bertz CT molecular complexity index is 679. The number of anilines is 1. The molecule has 3 rings (SSSR count). The Hall–Kier alpha value is -2.56. The first-order valence-electron chi connectivity index (χ1n) is 7.37. The summed E-state index contributed by atoms with van der Waals surface area (Å²) in [5.41, 5.74) is 1.83. The van der Waals surface area contributed by atoms with E-state index in [-0.39, 0.29) is 17.6 Å². The van der Waals surface area contributed by atoms with Gasteiger partial charge in [-0.05, 0) is 49.6 Å². The predicted molar refractivity (Wildman–Crippen MR) is 82.6 cm³/mol. The summed E-state index contributed by atoms with van der Waals surface area (Å²) in [7, 11) is 0. The summed E-state index contributed by atoms with van der Waals surface area (Å²) in [5.74, 6) is -0.106. The van der Waals surface area contributed by atoms with Crippen molar-refractivity contribution < 1.29 is 14.0 Å². The van der Waals surface area contributed by atoms with Crippen molar-refractivity contribution >= 4 is 17.5 Å². The summed E-state index contributed by atoms with van der Waals surface area (Å²) in [6, 6.07) is 10.5. The van der Waals surface area contributed by atoms with E-state index in [0.717, 1.165) is 17.7 Å². The summed E-state index contributed by atoms with van der Waals surface area (Å²) in [5, 5.41) is 2.89. The van der Waals surface area contributed by atoms with Crippen molar-refractivity contribution in [3.8, 4) is 0 Å². The molecule has 1 saturated heterocycles. The van der Waals surface area contributed by atoms with E-state index in [2.05, 4.69) is 5.32 Å². The topological polar surface area (TPSA) is 62.6 Å². The third kappa shape index (κ3) is 2.88. The molecule has 0 aliphatic carbocycles. The molecule has 2 heterocycles. The lowest BCUT2D eigenvalue weighted by Crippen LogP contribution is -2.43. The molecule has 1 aromatic heterocycles. The van der Waals surface area contributed by atoms with E-state index >= 15 is 0 Å². The average molecular weight is 298 g/mol. The maximum Gasteiger partial charge on any atom is 0.290 e. The van der Waals surface area contributed by atoms with E-state index in [1.807, 2.05) is 31.2 Å². The SMILES string of the molecule is Cc1cccc(NC(=O)[C@H]2CCCN2C(=O)c2ccco2)c1. The van der Waals surface area contributed by atoms with Crippen molar-refractivity contribution in [2.75, 3.05) is 11.9 Å². The van der Waals surface area contributed by atoms with Gasteiger partial charge in [-0.3, -0.25) is 9.59 Å². The molecule has 1 fully saturated rings. The van der Waals surface area contributed by atoms with Gasteiger partial charge in [0, 0.05) is 12.2 Å².